The van der Waals surface area contributed by atoms with Gasteiger partial charge in [0.25, 0.3) is 5.91 Å². The van der Waals surface area contributed by atoms with Crippen molar-refractivity contribution < 1.29 is 23.2 Å². The summed E-state index contributed by atoms with van der Waals surface area (Å²) in [7, 11) is -3.73. The average Bonchev–Trinajstić information content (AvgIpc) is 2.78. The van der Waals surface area contributed by atoms with E-state index in [0.29, 0.717) is 22.9 Å². The van der Waals surface area contributed by atoms with E-state index in [1.165, 1.54) is 0 Å². The topological polar surface area (TPSA) is 108 Å². The number of nitrogens with zero attached hydrogens (tertiary/aromatic N) is 1. The van der Waals surface area contributed by atoms with Gasteiger partial charge in [-0.25, -0.2) is 13.9 Å². The summed E-state index contributed by atoms with van der Waals surface area (Å²) in [5, 5.41) is 12.1. The zero-order valence-electron chi connectivity index (χ0n) is 17.1. The number of nitrogens with one attached hydrogen (secondary N) is 2. The molecular weight excluding hydrogens is 545 g/mol. The second-order valence-electron chi connectivity index (χ2n) is 6.88. The van der Waals surface area contributed by atoms with E-state index in [9.17, 15) is 13.2 Å². The summed E-state index contributed by atoms with van der Waals surface area (Å²) in [6.07, 6.45) is 1.05. The maximum absolute atomic E-state index is 12.5. The summed E-state index contributed by atoms with van der Waals surface area (Å²) in [6.45, 7) is -0.239. The second-order valence-corrected chi connectivity index (χ2v) is 10.0. The molecule has 168 valence electrons. The first-order valence-electron chi connectivity index (χ1n) is 9.53. The lowest BCUT2D eigenvalue weighted by Crippen LogP contribution is -2.48. The van der Waals surface area contributed by atoms with Gasteiger partial charge in [0.2, 0.25) is 10.0 Å². The van der Waals surface area contributed by atoms with E-state index in [2.05, 4.69) is 27.9 Å². The number of anilines is 2. The van der Waals surface area contributed by atoms with E-state index >= 15 is 0 Å². The molecule has 3 N–H and O–H groups in total. The minimum Gasteiger partial charge on any atom is -0.457 e. The molecule has 0 fully saturated rings. The molecule has 0 unspecified atom stereocenters. The fourth-order valence-corrected chi connectivity index (χ4v) is 4.21. The van der Waals surface area contributed by atoms with Crippen LogP contribution < -0.4 is 19.8 Å². The number of rotatable bonds is 9. The Bertz CT molecular complexity index is 1140. The summed E-state index contributed by atoms with van der Waals surface area (Å²) in [4.78, 5) is 12.2. The minimum atomic E-state index is -3.73. The van der Waals surface area contributed by atoms with E-state index in [1.54, 1.807) is 54.0 Å². The molecule has 0 saturated heterocycles. The van der Waals surface area contributed by atoms with Gasteiger partial charge in [-0.1, -0.05) is 18.2 Å². The van der Waals surface area contributed by atoms with Crippen molar-refractivity contribution in [1.82, 2.24) is 5.48 Å². The Hall–Kier alpha value is -2.83. The normalized spacial score (nSPS) is 12.0. The van der Waals surface area contributed by atoms with Crippen LogP contribution in [0.3, 0.4) is 0 Å². The number of hydrogen-bond acceptors (Lipinski definition) is 6. The van der Waals surface area contributed by atoms with Crippen LogP contribution in [0.4, 0.5) is 11.4 Å². The van der Waals surface area contributed by atoms with Crippen LogP contribution in [-0.2, 0) is 14.8 Å². The van der Waals surface area contributed by atoms with Crippen LogP contribution in [0.15, 0.2) is 78.9 Å². The Kier molecular flexibility index (Phi) is 7.94. The molecule has 0 spiro atoms. The fourth-order valence-electron chi connectivity index (χ4n) is 2.92. The van der Waals surface area contributed by atoms with Gasteiger partial charge >= 0.3 is 0 Å². The van der Waals surface area contributed by atoms with Crippen LogP contribution in [0.2, 0.25) is 0 Å². The van der Waals surface area contributed by atoms with E-state index in [1.807, 2.05) is 30.3 Å². The largest absolute Gasteiger partial charge is 0.457 e. The molecule has 0 aliphatic carbocycles. The van der Waals surface area contributed by atoms with Gasteiger partial charge in [-0.05, 0) is 83.3 Å². The van der Waals surface area contributed by atoms with E-state index in [-0.39, 0.29) is 6.54 Å². The highest BCUT2D eigenvalue weighted by atomic mass is 127. The molecule has 10 heteroatoms. The quantitative estimate of drug-likeness (QED) is 0.206. The molecule has 1 amide bonds. The smallest absolute Gasteiger partial charge is 0.267 e. The molecule has 0 saturated carbocycles. The van der Waals surface area contributed by atoms with Gasteiger partial charge in [0.1, 0.15) is 17.5 Å². The zero-order valence-corrected chi connectivity index (χ0v) is 20.1. The monoisotopic (exact) mass is 567 g/mol. The summed E-state index contributed by atoms with van der Waals surface area (Å²) in [5.74, 6) is 0.432. The minimum absolute atomic E-state index is 0.239. The molecule has 0 bridgehead atoms. The van der Waals surface area contributed by atoms with Crippen molar-refractivity contribution in [3.05, 3.63) is 82.4 Å². The Morgan fingerprint density at radius 3 is 2.09 bits per heavy atom. The van der Waals surface area contributed by atoms with Crippen molar-refractivity contribution in [1.29, 1.82) is 0 Å². The lowest BCUT2D eigenvalue weighted by molar-refractivity contribution is -0.129. The number of carbonyl (C=O) groups excluding carboxylic acids is 1. The van der Waals surface area contributed by atoms with Crippen molar-refractivity contribution in [3.63, 3.8) is 0 Å². The predicted octanol–water partition coefficient (Wildman–Crippen LogP) is 3.84. The van der Waals surface area contributed by atoms with Gasteiger partial charge in [0, 0.05) is 9.26 Å². The molecule has 1 atom stereocenters. The maximum atomic E-state index is 12.5. The fraction of sp³-hybridized carbons (Fsp3) is 0.136. The molecular formula is C22H22IN3O5S. The maximum Gasteiger partial charge on any atom is 0.267 e. The summed E-state index contributed by atoms with van der Waals surface area (Å²) in [6, 6.07) is 21.8. The standard InChI is InChI=1S/C22H22IN3O5S/c1-32(29,30)26(15-21(22(27)25-28)24-17-5-3-2-4-6-17)18-9-13-20(14-10-18)31-19-11-7-16(23)8-12-19/h2-14,21,24,28H,15H2,1H3,(H,25,27)/t21-/m0/s1. The van der Waals surface area contributed by atoms with Gasteiger partial charge in [0.15, 0.2) is 0 Å². The Labute approximate surface area is 200 Å². The first-order chi connectivity index (χ1) is 15.3. The van der Waals surface area contributed by atoms with Crippen LogP contribution >= 0.6 is 22.6 Å². The number of sulfonamides is 1. The molecule has 0 aliphatic heterocycles. The number of hydrogen-bond donors (Lipinski definition) is 3. The number of ether oxygens (including phenoxy) is 1. The number of amides is 1. The van der Waals surface area contributed by atoms with Crippen molar-refractivity contribution >= 4 is 49.9 Å². The van der Waals surface area contributed by atoms with Crippen LogP contribution in [0.25, 0.3) is 0 Å². The molecule has 3 aromatic carbocycles. The number of hydroxylamine groups is 1. The number of halogens is 1. The average molecular weight is 567 g/mol. The van der Waals surface area contributed by atoms with Gasteiger partial charge in [0.05, 0.1) is 18.5 Å². The highest BCUT2D eigenvalue weighted by Gasteiger charge is 2.27. The number of carbonyl (C=O) groups is 1. The van der Waals surface area contributed by atoms with Crippen molar-refractivity contribution in [2.75, 3.05) is 22.4 Å². The van der Waals surface area contributed by atoms with E-state index in [0.717, 1.165) is 14.1 Å². The lowest BCUT2D eigenvalue weighted by atomic mass is 10.2. The van der Waals surface area contributed by atoms with Crippen molar-refractivity contribution in [2.24, 2.45) is 0 Å². The van der Waals surface area contributed by atoms with Crippen LogP contribution in [0, 0.1) is 3.57 Å². The SMILES string of the molecule is CS(=O)(=O)N(C[C@H](Nc1ccccc1)C(=O)NO)c1ccc(Oc2ccc(I)cc2)cc1. The molecule has 0 radical (unpaired) electrons. The predicted molar refractivity (Wildman–Crippen MR) is 132 cm³/mol. The lowest BCUT2D eigenvalue weighted by Gasteiger charge is -2.27. The first kappa shape index (κ1) is 23.8. The van der Waals surface area contributed by atoms with Crippen molar-refractivity contribution in [2.45, 2.75) is 6.04 Å². The van der Waals surface area contributed by atoms with Gasteiger partial charge in [-0.15, -0.1) is 0 Å². The van der Waals surface area contributed by atoms with E-state index < -0.39 is 22.0 Å². The second kappa shape index (κ2) is 10.7. The van der Waals surface area contributed by atoms with Gasteiger partial charge < -0.3 is 10.1 Å². The van der Waals surface area contributed by atoms with Crippen LogP contribution in [-0.4, -0.2) is 38.4 Å². The molecule has 8 nitrogen and oxygen atoms in total. The number of benzene rings is 3. The van der Waals surface area contributed by atoms with Gasteiger partial charge in [-0.2, -0.15) is 0 Å². The van der Waals surface area contributed by atoms with Crippen LogP contribution in [0.5, 0.6) is 11.5 Å². The van der Waals surface area contributed by atoms with Crippen molar-refractivity contribution in [3.8, 4) is 11.5 Å². The third-order valence-corrected chi connectivity index (χ3v) is 6.34. The molecule has 0 aromatic heterocycles. The molecule has 3 rings (SSSR count). The Morgan fingerprint density at radius 2 is 1.56 bits per heavy atom. The van der Waals surface area contributed by atoms with Crippen LogP contribution in [0.1, 0.15) is 0 Å². The summed E-state index contributed by atoms with van der Waals surface area (Å²) < 4.78 is 33.0. The third kappa shape index (κ3) is 6.58. The molecule has 32 heavy (non-hydrogen) atoms. The highest BCUT2D eigenvalue weighted by Crippen LogP contribution is 2.26. The van der Waals surface area contributed by atoms with Gasteiger partial charge in [-0.3, -0.25) is 14.3 Å². The summed E-state index contributed by atoms with van der Waals surface area (Å²) in [5.41, 5.74) is 2.55. The molecule has 0 heterocycles. The number of para-hydroxylation sites is 1. The Balaban J connectivity index is 1.81. The highest BCUT2D eigenvalue weighted by molar-refractivity contribution is 14.1. The first-order valence-corrected chi connectivity index (χ1v) is 12.5. The third-order valence-electron chi connectivity index (χ3n) is 4.46. The Morgan fingerprint density at radius 1 is 1.00 bits per heavy atom. The molecule has 3 aromatic rings. The zero-order chi connectivity index (χ0) is 23.1. The molecule has 0 aliphatic rings. The van der Waals surface area contributed by atoms with E-state index in [4.69, 9.17) is 9.94 Å². The summed E-state index contributed by atoms with van der Waals surface area (Å²) >= 11 is 2.20.